The van der Waals surface area contributed by atoms with Crippen LogP contribution in [0.3, 0.4) is 0 Å². The summed E-state index contributed by atoms with van der Waals surface area (Å²) < 4.78 is 5.71. The van der Waals surface area contributed by atoms with Crippen LogP contribution in [-0.4, -0.2) is 34.2 Å². The fourth-order valence-corrected chi connectivity index (χ4v) is 4.71. The molecule has 0 fully saturated rings. The lowest BCUT2D eigenvalue weighted by atomic mass is 9.70. The third-order valence-electron chi connectivity index (χ3n) is 7.56. The maximum Gasteiger partial charge on any atom is 0.303 e. The number of hydrogen-bond acceptors (Lipinski definition) is 4. The molecule has 2 aromatic carbocycles. The van der Waals surface area contributed by atoms with Gasteiger partial charge in [-0.1, -0.05) is 70.2 Å². The van der Waals surface area contributed by atoms with Gasteiger partial charge in [0.05, 0.1) is 12.0 Å². The van der Waals surface area contributed by atoms with Crippen molar-refractivity contribution < 1.29 is 24.5 Å². The Morgan fingerprint density at radius 2 is 1.44 bits per heavy atom. The summed E-state index contributed by atoms with van der Waals surface area (Å²) in [5.41, 5.74) is 4.72. The molecule has 5 nitrogen and oxygen atoms in total. The molecule has 0 aliphatic carbocycles. The minimum absolute atomic E-state index is 0.0258. The molecule has 0 amide bonds. The summed E-state index contributed by atoms with van der Waals surface area (Å²) in [6.45, 7) is 12.4. The molecule has 0 unspecified atom stereocenters. The predicted octanol–water partition coefficient (Wildman–Crippen LogP) is 6.79. The van der Waals surface area contributed by atoms with Crippen molar-refractivity contribution in [2.75, 3.05) is 6.61 Å². The van der Waals surface area contributed by atoms with E-state index in [-0.39, 0.29) is 30.6 Å². The Bertz CT molecular complexity index is 1070. The number of aliphatic hydroxyl groups is 1. The molecule has 2 aromatic rings. The maximum absolute atomic E-state index is 11.9. The summed E-state index contributed by atoms with van der Waals surface area (Å²) in [7, 11) is 0. The van der Waals surface area contributed by atoms with E-state index in [2.05, 4.69) is 51.1 Å². The van der Waals surface area contributed by atoms with E-state index in [0.29, 0.717) is 18.6 Å². The molecule has 0 saturated heterocycles. The fourth-order valence-electron chi connectivity index (χ4n) is 4.71. The van der Waals surface area contributed by atoms with Crippen LogP contribution in [0.1, 0.15) is 94.0 Å². The van der Waals surface area contributed by atoms with Crippen LogP contribution in [0.25, 0.3) is 6.08 Å². The van der Waals surface area contributed by atoms with E-state index in [1.165, 1.54) is 16.7 Å². The van der Waals surface area contributed by atoms with Crippen LogP contribution in [0.2, 0.25) is 0 Å². The van der Waals surface area contributed by atoms with Gasteiger partial charge in [-0.15, -0.1) is 0 Å². The molecule has 196 valence electrons. The number of carboxylic acid groups (broad SMARTS) is 1. The van der Waals surface area contributed by atoms with Crippen LogP contribution in [-0.2, 0) is 15.0 Å². The molecule has 0 spiro atoms. The Labute approximate surface area is 216 Å². The van der Waals surface area contributed by atoms with Crippen molar-refractivity contribution in [3.8, 4) is 5.75 Å². The zero-order valence-corrected chi connectivity index (χ0v) is 22.7. The third-order valence-corrected chi connectivity index (χ3v) is 7.56. The number of benzene rings is 2. The van der Waals surface area contributed by atoms with Gasteiger partial charge in [0.1, 0.15) is 12.4 Å². The molecule has 0 atom stereocenters. The molecule has 5 heteroatoms. The molecule has 0 saturated carbocycles. The van der Waals surface area contributed by atoms with Crippen LogP contribution in [0.15, 0.2) is 42.5 Å². The summed E-state index contributed by atoms with van der Waals surface area (Å²) in [4.78, 5) is 22.6. The molecule has 0 aliphatic rings. The Kier molecular flexibility index (Phi) is 10.5. The SMILES string of the molecule is CCC(O)(C=Cc1ccc(C(CC)(CC)c2ccc(OCC(=O)CCC(=O)O)c(C)c2)cc1C)CC. The van der Waals surface area contributed by atoms with Crippen LogP contribution < -0.4 is 4.74 Å². The first-order chi connectivity index (χ1) is 17.0. The first kappa shape index (κ1) is 29.3. The monoisotopic (exact) mass is 494 g/mol. The smallest absolute Gasteiger partial charge is 0.303 e. The minimum Gasteiger partial charge on any atom is -0.486 e. The predicted molar refractivity (Wildman–Crippen MR) is 146 cm³/mol. The van der Waals surface area contributed by atoms with Crippen molar-refractivity contribution in [2.45, 2.75) is 91.1 Å². The Morgan fingerprint density at radius 1 is 0.861 bits per heavy atom. The third kappa shape index (κ3) is 7.07. The highest BCUT2D eigenvalue weighted by molar-refractivity contribution is 5.83. The number of ketones is 1. The zero-order valence-electron chi connectivity index (χ0n) is 22.7. The number of ether oxygens (including phenoxy) is 1. The molecule has 0 heterocycles. The highest BCUT2D eigenvalue weighted by Gasteiger charge is 2.31. The van der Waals surface area contributed by atoms with Gasteiger partial charge in [0, 0.05) is 11.8 Å². The maximum atomic E-state index is 11.9. The highest BCUT2D eigenvalue weighted by Crippen LogP contribution is 2.41. The van der Waals surface area contributed by atoms with Gasteiger partial charge in [0.25, 0.3) is 0 Å². The number of aryl methyl sites for hydroxylation is 2. The van der Waals surface area contributed by atoms with Crippen molar-refractivity contribution in [3.05, 3.63) is 70.3 Å². The van der Waals surface area contributed by atoms with E-state index in [9.17, 15) is 14.7 Å². The van der Waals surface area contributed by atoms with Crippen molar-refractivity contribution in [2.24, 2.45) is 0 Å². The molecular weight excluding hydrogens is 452 g/mol. The molecule has 2 N–H and O–H groups in total. The average Bonchev–Trinajstić information content (AvgIpc) is 2.87. The Hall–Kier alpha value is -2.92. The molecule has 0 radical (unpaired) electrons. The lowest BCUT2D eigenvalue weighted by Gasteiger charge is -2.34. The van der Waals surface area contributed by atoms with Crippen molar-refractivity contribution >= 4 is 17.8 Å². The Morgan fingerprint density at radius 3 is 1.94 bits per heavy atom. The number of hydrogen-bond donors (Lipinski definition) is 2. The second kappa shape index (κ2) is 12.9. The summed E-state index contributed by atoms with van der Waals surface area (Å²) in [6, 6.07) is 12.7. The highest BCUT2D eigenvalue weighted by atomic mass is 16.5. The molecule has 0 aromatic heterocycles. The molecule has 0 bridgehead atoms. The summed E-state index contributed by atoms with van der Waals surface area (Å²) in [5, 5.41) is 19.4. The van der Waals surface area contributed by atoms with E-state index in [0.717, 1.165) is 24.0 Å². The van der Waals surface area contributed by atoms with Gasteiger partial charge < -0.3 is 14.9 Å². The van der Waals surface area contributed by atoms with Crippen LogP contribution in [0.4, 0.5) is 0 Å². The van der Waals surface area contributed by atoms with Crippen LogP contribution in [0.5, 0.6) is 5.75 Å². The quantitative estimate of drug-likeness (QED) is 0.302. The first-order valence-electron chi connectivity index (χ1n) is 13.0. The van der Waals surface area contributed by atoms with Crippen LogP contribution in [0, 0.1) is 13.8 Å². The van der Waals surface area contributed by atoms with Gasteiger partial charge in [-0.05, 0) is 73.4 Å². The van der Waals surface area contributed by atoms with E-state index < -0.39 is 11.6 Å². The zero-order chi connectivity index (χ0) is 26.9. The van der Waals surface area contributed by atoms with Crippen molar-refractivity contribution in [1.29, 1.82) is 0 Å². The summed E-state index contributed by atoms with van der Waals surface area (Å²) in [5.74, 6) is -0.570. The van der Waals surface area contributed by atoms with E-state index in [1.54, 1.807) is 0 Å². The molecule has 0 aliphatic heterocycles. The van der Waals surface area contributed by atoms with E-state index in [1.807, 2.05) is 39.0 Å². The van der Waals surface area contributed by atoms with Crippen molar-refractivity contribution in [3.63, 3.8) is 0 Å². The number of carboxylic acids is 1. The lowest BCUT2D eigenvalue weighted by Crippen LogP contribution is -2.26. The number of Topliss-reactive ketones (excluding diaryl/α,β-unsaturated/α-hetero) is 1. The fraction of sp³-hybridized carbons (Fsp3) is 0.484. The van der Waals surface area contributed by atoms with E-state index in [4.69, 9.17) is 9.84 Å². The normalized spacial score (nSPS) is 12.2. The van der Waals surface area contributed by atoms with Crippen molar-refractivity contribution in [1.82, 2.24) is 0 Å². The van der Waals surface area contributed by atoms with Gasteiger partial charge in [0.15, 0.2) is 5.78 Å². The largest absolute Gasteiger partial charge is 0.486 e. The van der Waals surface area contributed by atoms with Gasteiger partial charge in [0.2, 0.25) is 0 Å². The topological polar surface area (TPSA) is 83.8 Å². The van der Waals surface area contributed by atoms with E-state index >= 15 is 0 Å². The van der Waals surface area contributed by atoms with Crippen LogP contribution >= 0.6 is 0 Å². The van der Waals surface area contributed by atoms with Gasteiger partial charge in [-0.3, -0.25) is 9.59 Å². The lowest BCUT2D eigenvalue weighted by molar-refractivity contribution is -0.138. The molecular formula is C31H42O5. The number of rotatable bonds is 14. The minimum atomic E-state index is -0.984. The second-order valence-electron chi connectivity index (χ2n) is 9.71. The second-order valence-corrected chi connectivity index (χ2v) is 9.71. The standard InChI is InChI=1S/C31H42O5/c1-7-30(35,8-2)18-17-24-11-12-25(19-22(24)5)31(9-3,10-4)26-13-15-28(23(6)20-26)36-21-27(32)14-16-29(33)34/h11-13,15,17-20,35H,7-10,14,16,21H2,1-6H3,(H,33,34). The summed E-state index contributed by atoms with van der Waals surface area (Å²) in [6.07, 6.45) is 6.95. The number of carbonyl (C=O) groups is 2. The number of aliphatic carboxylic acids is 1. The summed E-state index contributed by atoms with van der Waals surface area (Å²) >= 11 is 0. The average molecular weight is 495 g/mol. The Balaban J connectivity index is 2.31. The number of carbonyl (C=O) groups excluding carboxylic acids is 1. The van der Waals surface area contributed by atoms with Gasteiger partial charge >= 0.3 is 5.97 Å². The van der Waals surface area contributed by atoms with Gasteiger partial charge in [-0.25, -0.2) is 0 Å². The molecule has 2 rings (SSSR count). The molecule has 36 heavy (non-hydrogen) atoms. The first-order valence-corrected chi connectivity index (χ1v) is 13.0. The van der Waals surface area contributed by atoms with Gasteiger partial charge in [-0.2, -0.15) is 0 Å².